The second-order valence-corrected chi connectivity index (χ2v) is 6.60. The number of hydrogen-bond donors (Lipinski definition) is 3. The molecule has 0 aliphatic heterocycles. The molecule has 5 atom stereocenters. The Morgan fingerprint density at radius 2 is 1.84 bits per heavy atom. The summed E-state index contributed by atoms with van der Waals surface area (Å²) in [6, 6.07) is -0.0355. The quantitative estimate of drug-likeness (QED) is 0.723. The molecule has 0 spiro atoms. The van der Waals surface area contributed by atoms with Gasteiger partial charge in [0.2, 0.25) is 0 Å². The number of carbonyl (C=O) groups excluding carboxylic acids is 1. The maximum Gasteiger partial charge on any atom is 0.329 e. The number of aliphatic carboxylic acids is 1. The van der Waals surface area contributed by atoms with Crippen LogP contribution in [0.25, 0.3) is 0 Å². The minimum absolute atomic E-state index is 0.293. The molecule has 0 aromatic heterocycles. The largest absolute Gasteiger partial charge is 0.480 e. The molecule has 0 radical (unpaired) electrons. The van der Waals surface area contributed by atoms with Crippen molar-refractivity contribution in [2.75, 3.05) is 0 Å². The molecule has 3 N–H and O–H groups in total. The summed E-state index contributed by atoms with van der Waals surface area (Å²) in [6.45, 7) is 3.31. The lowest BCUT2D eigenvalue weighted by atomic mass is 10.00. The second kappa shape index (κ2) is 4.12. The summed E-state index contributed by atoms with van der Waals surface area (Å²) < 4.78 is 0. The van der Waals surface area contributed by atoms with Crippen LogP contribution in [-0.4, -0.2) is 28.7 Å². The van der Waals surface area contributed by atoms with Gasteiger partial charge in [0.15, 0.2) is 0 Å². The van der Waals surface area contributed by atoms with Gasteiger partial charge in [-0.25, -0.2) is 9.59 Å². The van der Waals surface area contributed by atoms with Gasteiger partial charge in [-0.05, 0) is 56.3 Å². The van der Waals surface area contributed by atoms with Crippen molar-refractivity contribution in [1.82, 2.24) is 10.6 Å². The molecule has 5 heteroatoms. The van der Waals surface area contributed by atoms with Crippen LogP contribution in [0.1, 0.15) is 39.5 Å². The van der Waals surface area contributed by atoms with Gasteiger partial charge in [-0.3, -0.25) is 0 Å². The minimum atomic E-state index is -1.17. The molecule has 3 fully saturated rings. The normalized spacial score (nSPS) is 41.3. The van der Waals surface area contributed by atoms with Gasteiger partial charge in [0.1, 0.15) is 5.54 Å². The fraction of sp³-hybridized carbons (Fsp3) is 0.857. The Labute approximate surface area is 113 Å². The Bertz CT molecular complexity index is 409. The summed E-state index contributed by atoms with van der Waals surface area (Å²) in [5.41, 5.74) is -1.17. The van der Waals surface area contributed by atoms with Crippen LogP contribution in [0.2, 0.25) is 0 Å². The van der Waals surface area contributed by atoms with Crippen LogP contribution < -0.4 is 10.6 Å². The zero-order valence-electron chi connectivity index (χ0n) is 11.5. The van der Waals surface area contributed by atoms with Crippen LogP contribution in [0.15, 0.2) is 0 Å². The Hall–Kier alpha value is -1.26. The number of carboxylic acid groups (broad SMARTS) is 1. The number of nitrogens with one attached hydrogen (secondary N) is 2. The van der Waals surface area contributed by atoms with E-state index in [1.807, 2.05) is 0 Å². The molecule has 0 saturated heterocycles. The van der Waals surface area contributed by atoms with Crippen molar-refractivity contribution in [2.45, 2.75) is 51.1 Å². The molecule has 2 amide bonds. The average Bonchev–Trinajstić information content (AvgIpc) is 2.75. The smallest absolute Gasteiger partial charge is 0.329 e. The summed E-state index contributed by atoms with van der Waals surface area (Å²) >= 11 is 0. The molecule has 5 unspecified atom stereocenters. The Kier molecular flexibility index (Phi) is 2.76. The maximum absolute atomic E-state index is 12.0. The van der Waals surface area contributed by atoms with Gasteiger partial charge in [-0.1, -0.05) is 6.92 Å². The summed E-state index contributed by atoms with van der Waals surface area (Å²) in [5, 5.41) is 14.7. The molecule has 0 aromatic rings. The summed E-state index contributed by atoms with van der Waals surface area (Å²) in [7, 11) is 0. The van der Waals surface area contributed by atoms with E-state index < -0.39 is 11.5 Å². The lowest BCUT2D eigenvalue weighted by Crippen LogP contribution is -2.55. The predicted molar refractivity (Wildman–Crippen MR) is 69.6 cm³/mol. The molecule has 3 rings (SSSR count). The van der Waals surface area contributed by atoms with E-state index in [-0.39, 0.29) is 6.03 Å². The number of carboxylic acids is 1. The molecule has 2 bridgehead atoms. The van der Waals surface area contributed by atoms with Gasteiger partial charge < -0.3 is 15.7 Å². The number of hydrogen-bond acceptors (Lipinski definition) is 2. The van der Waals surface area contributed by atoms with Gasteiger partial charge in [-0.2, -0.15) is 0 Å². The van der Waals surface area contributed by atoms with E-state index in [1.165, 1.54) is 19.3 Å². The Morgan fingerprint density at radius 3 is 2.32 bits per heavy atom. The van der Waals surface area contributed by atoms with Crippen LogP contribution in [0.3, 0.4) is 0 Å². The fourth-order valence-electron chi connectivity index (χ4n) is 4.25. The highest BCUT2D eigenvalue weighted by molar-refractivity contribution is 5.86. The van der Waals surface area contributed by atoms with Crippen LogP contribution >= 0.6 is 0 Å². The van der Waals surface area contributed by atoms with E-state index >= 15 is 0 Å². The Morgan fingerprint density at radius 1 is 1.26 bits per heavy atom. The number of rotatable bonds is 4. The third-order valence-corrected chi connectivity index (χ3v) is 5.60. The molecule has 3 aliphatic carbocycles. The molecule has 0 heterocycles. The first-order chi connectivity index (χ1) is 8.96. The number of amides is 2. The van der Waals surface area contributed by atoms with Crippen molar-refractivity contribution in [1.29, 1.82) is 0 Å². The summed E-state index contributed by atoms with van der Waals surface area (Å²) in [6.07, 6.45) is 4.34. The van der Waals surface area contributed by atoms with Crippen LogP contribution in [0.5, 0.6) is 0 Å². The molecule has 3 saturated carbocycles. The average molecular weight is 266 g/mol. The van der Waals surface area contributed by atoms with Gasteiger partial charge >= 0.3 is 12.0 Å². The first kappa shape index (κ1) is 12.8. The van der Waals surface area contributed by atoms with Crippen LogP contribution in [0, 0.1) is 23.7 Å². The predicted octanol–water partition coefficient (Wildman–Crippen LogP) is 1.58. The maximum atomic E-state index is 12.0. The standard InChI is InChI=1S/C14H22N2O3/c1-3-14(2,12(17)18)16-13(19)15-11-9-7-4-5-8(6-7)10(9)11/h7-11H,3-6H2,1-2H3,(H,17,18)(H2,15,16,19). The van der Waals surface area contributed by atoms with Gasteiger partial charge in [0.25, 0.3) is 0 Å². The third-order valence-electron chi connectivity index (χ3n) is 5.60. The molecule has 3 aliphatic rings. The van der Waals surface area contributed by atoms with Gasteiger partial charge in [0.05, 0.1) is 0 Å². The van der Waals surface area contributed by atoms with Crippen molar-refractivity contribution in [2.24, 2.45) is 23.7 Å². The van der Waals surface area contributed by atoms with Crippen LogP contribution in [-0.2, 0) is 4.79 Å². The molecule has 106 valence electrons. The highest BCUT2D eigenvalue weighted by Gasteiger charge is 2.65. The van der Waals surface area contributed by atoms with Crippen molar-refractivity contribution in [3.63, 3.8) is 0 Å². The zero-order chi connectivity index (χ0) is 13.8. The monoisotopic (exact) mass is 266 g/mol. The minimum Gasteiger partial charge on any atom is -0.480 e. The number of urea groups is 1. The van der Waals surface area contributed by atoms with Gasteiger partial charge in [-0.15, -0.1) is 0 Å². The van der Waals surface area contributed by atoms with E-state index in [0.717, 1.165) is 11.8 Å². The van der Waals surface area contributed by atoms with Crippen LogP contribution in [0.4, 0.5) is 4.79 Å². The first-order valence-electron chi connectivity index (χ1n) is 7.28. The van der Waals surface area contributed by atoms with Crippen molar-refractivity contribution < 1.29 is 14.7 Å². The van der Waals surface area contributed by atoms with Crippen molar-refractivity contribution in [3.05, 3.63) is 0 Å². The first-order valence-corrected chi connectivity index (χ1v) is 7.28. The summed E-state index contributed by atoms with van der Waals surface area (Å²) in [5.74, 6) is 1.96. The number of carbonyl (C=O) groups is 2. The lowest BCUT2D eigenvalue weighted by Gasteiger charge is -2.25. The van der Waals surface area contributed by atoms with Crippen molar-refractivity contribution >= 4 is 12.0 Å². The summed E-state index contributed by atoms with van der Waals surface area (Å²) in [4.78, 5) is 23.1. The molecule has 19 heavy (non-hydrogen) atoms. The fourth-order valence-corrected chi connectivity index (χ4v) is 4.25. The highest BCUT2D eigenvalue weighted by Crippen LogP contribution is 2.65. The highest BCUT2D eigenvalue weighted by atomic mass is 16.4. The van der Waals surface area contributed by atoms with E-state index in [0.29, 0.717) is 24.3 Å². The second-order valence-electron chi connectivity index (χ2n) is 6.60. The van der Waals surface area contributed by atoms with Gasteiger partial charge in [0, 0.05) is 6.04 Å². The SMILES string of the molecule is CCC(C)(NC(=O)NC1C2C3CCC(C3)C12)C(=O)O. The molecule has 5 nitrogen and oxygen atoms in total. The van der Waals surface area contributed by atoms with Crippen molar-refractivity contribution in [3.8, 4) is 0 Å². The molecular weight excluding hydrogens is 244 g/mol. The molecule has 0 aromatic carbocycles. The zero-order valence-corrected chi connectivity index (χ0v) is 11.5. The van der Waals surface area contributed by atoms with E-state index in [1.54, 1.807) is 13.8 Å². The Balaban J connectivity index is 1.55. The topological polar surface area (TPSA) is 78.4 Å². The lowest BCUT2D eigenvalue weighted by molar-refractivity contribution is -0.143. The molecular formula is C14H22N2O3. The van der Waals surface area contributed by atoms with E-state index in [2.05, 4.69) is 10.6 Å². The van der Waals surface area contributed by atoms with E-state index in [4.69, 9.17) is 5.11 Å². The number of fused-ring (bicyclic) bond motifs is 5. The van der Waals surface area contributed by atoms with E-state index in [9.17, 15) is 9.59 Å². The third kappa shape index (κ3) is 1.90.